The second-order valence-electron chi connectivity index (χ2n) is 32.3. The molecule has 4 heterocycles. The number of ether oxygens (including phenoxy) is 12. The summed E-state index contributed by atoms with van der Waals surface area (Å²) in [4.78, 5) is 22.5. The van der Waals surface area contributed by atoms with Gasteiger partial charge in [0.15, 0.2) is 0 Å². The molecule has 0 bridgehead atoms. The Morgan fingerprint density at radius 3 is 0.426 bits per heavy atom. The maximum Gasteiger partial charge on any atom is 0.220 e. The summed E-state index contributed by atoms with van der Waals surface area (Å²) in [5.41, 5.74) is 10.4. The zero-order chi connectivity index (χ0) is 99.5. The monoisotopic (exact) mass is 2020 g/mol. The summed E-state index contributed by atoms with van der Waals surface area (Å²) in [7, 11) is 3.80. The zero-order valence-corrected chi connectivity index (χ0v) is 88.3. The summed E-state index contributed by atoms with van der Waals surface area (Å²) >= 11 is 5.89. The predicted molar refractivity (Wildman–Crippen MR) is 540 cm³/mol. The molecule has 736 valence electrons. The van der Waals surface area contributed by atoms with Crippen molar-refractivity contribution >= 4 is 85.4 Å². The van der Waals surface area contributed by atoms with Gasteiger partial charge in [-0.3, -0.25) is 0 Å². The number of aryl methyl sites for hydroxylation is 8. The minimum absolute atomic E-state index is 0.217. The van der Waals surface area contributed by atoms with Crippen molar-refractivity contribution < 1.29 is 90.5 Å². The van der Waals surface area contributed by atoms with Crippen LogP contribution in [-0.2, 0) is 111 Å². The summed E-state index contributed by atoms with van der Waals surface area (Å²) in [6.45, 7) is 24.0. The summed E-state index contributed by atoms with van der Waals surface area (Å²) in [5, 5.41) is -0.662. The normalized spacial score (nSPS) is 13.6. The second kappa shape index (κ2) is 51.2. The third-order valence-corrected chi connectivity index (χ3v) is 36.5. The third kappa shape index (κ3) is 29.2. The van der Waals surface area contributed by atoms with Crippen molar-refractivity contribution in [3.05, 3.63) is 301 Å². The SMILES string of the molecule is COc1ccc(CN(Cc2ccc(OC)cc2)S(=O)(=O)[C@@H](C)[C@@H](OC)c2nc(C)c(C)s2)cc1.COc1ccc(CN(Cc2ccc(OC)cc2)S(=O)(=O)[C@@H](C)[C@H](OC)c2nc(C)c(C)s2)cc1.COc1ccc(CN(Cc2ccc(OC)cc2)S(=O)(=O)[C@H](C)[C@@H](OC)c2nc(C)c(C)s2)cc1.COc1ccc(CN(Cc2ccc(OC)cc2)S(=O)(=O)[C@H](C)[C@H](OC)c2nc(C)c(C)s2)cc1. The maximum absolute atomic E-state index is 13.9. The number of hydrogen-bond acceptors (Lipinski definition) is 28. The Balaban J connectivity index is 0.000000203. The van der Waals surface area contributed by atoms with Gasteiger partial charge in [-0.2, -0.15) is 17.2 Å². The van der Waals surface area contributed by atoms with Crippen LogP contribution in [0.25, 0.3) is 0 Å². The number of hydrogen-bond donors (Lipinski definition) is 0. The number of thiazole rings is 4. The Hall–Kier alpha value is -9.84. The van der Waals surface area contributed by atoms with Crippen molar-refractivity contribution in [1.82, 2.24) is 37.2 Å². The summed E-state index contributed by atoms with van der Waals surface area (Å²) < 4.78 is 182. The maximum atomic E-state index is 13.9. The number of aromatic nitrogens is 4. The molecule has 0 amide bonds. The molecule has 0 radical (unpaired) electrons. The molecule has 0 saturated heterocycles. The van der Waals surface area contributed by atoms with E-state index in [2.05, 4.69) is 19.9 Å². The van der Waals surface area contributed by atoms with Crippen molar-refractivity contribution in [2.24, 2.45) is 0 Å². The number of methoxy groups -OCH3 is 12. The standard InChI is InChI=1S/4C25H32N2O5S2/c4*1-17-18(2)33-25(26-17)24(32-6)19(3)34(28,29)27(15-20-7-11-22(30-4)12-8-20)16-21-9-13-23(31-5)14-10-21/h4*7-14,19,24H,15-16H2,1-6H3/t2*19-,24+;2*19-,24-/m1010/s1. The van der Waals surface area contributed by atoms with Crippen LogP contribution in [0.3, 0.4) is 0 Å². The van der Waals surface area contributed by atoms with Gasteiger partial charge in [-0.05, 0) is 225 Å². The molecule has 0 spiro atoms. The van der Waals surface area contributed by atoms with Gasteiger partial charge in [0.05, 0.1) is 79.7 Å². The first-order chi connectivity index (χ1) is 64.7. The number of benzene rings is 8. The van der Waals surface area contributed by atoms with Crippen molar-refractivity contribution in [3.63, 3.8) is 0 Å². The Kier molecular flexibility index (Phi) is 41.3. The molecule has 12 aromatic rings. The van der Waals surface area contributed by atoms with Crippen LogP contribution in [-0.4, -0.2) is 177 Å². The fourth-order valence-electron chi connectivity index (χ4n) is 14.4. The quantitative estimate of drug-likeness (QED) is 0.0342. The lowest BCUT2D eigenvalue weighted by molar-refractivity contribution is 0.0999. The van der Waals surface area contributed by atoms with Crippen LogP contribution in [0.15, 0.2) is 194 Å². The van der Waals surface area contributed by atoms with Crippen molar-refractivity contribution in [2.75, 3.05) is 85.3 Å². The molecular formula is C100H128N8O20S8. The molecular weight excluding hydrogens is 1890 g/mol. The number of rotatable bonds is 44. The molecule has 8 aromatic carbocycles. The molecule has 0 aliphatic heterocycles. The topological polar surface area (TPSA) is 312 Å². The van der Waals surface area contributed by atoms with Gasteiger partial charge in [0.2, 0.25) is 40.1 Å². The van der Waals surface area contributed by atoms with Crippen LogP contribution in [0.1, 0.15) is 159 Å². The van der Waals surface area contributed by atoms with Crippen LogP contribution >= 0.6 is 45.3 Å². The van der Waals surface area contributed by atoms with Crippen molar-refractivity contribution in [2.45, 2.75) is 181 Å². The van der Waals surface area contributed by atoms with E-state index in [-0.39, 0.29) is 52.4 Å². The molecule has 36 heteroatoms. The molecule has 0 fully saturated rings. The van der Waals surface area contributed by atoms with Gasteiger partial charge in [0.1, 0.15) is 111 Å². The van der Waals surface area contributed by atoms with Crippen LogP contribution in [0.2, 0.25) is 0 Å². The highest BCUT2D eigenvalue weighted by Gasteiger charge is 2.42. The van der Waals surface area contributed by atoms with Gasteiger partial charge < -0.3 is 56.8 Å². The molecule has 8 atom stereocenters. The summed E-state index contributed by atoms with van der Waals surface area (Å²) in [6.07, 6.45) is -2.68. The van der Waals surface area contributed by atoms with E-state index in [0.29, 0.717) is 20.0 Å². The third-order valence-electron chi connectivity index (χ3n) is 23.3. The molecule has 28 nitrogen and oxygen atoms in total. The highest BCUT2D eigenvalue weighted by atomic mass is 32.2. The van der Waals surface area contributed by atoms with E-state index in [9.17, 15) is 33.7 Å². The molecule has 0 unspecified atom stereocenters. The lowest BCUT2D eigenvalue weighted by Gasteiger charge is -2.29. The first kappa shape index (κ1) is 110. The molecule has 0 aliphatic carbocycles. The van der Waals surface area contributed by atoms with Crippen molar-refractivity contribution in [1.29, 1.82) is 0 Å². The number of nitrogens with zero attached hydrogens (tertiary/aromatic N) is 8. The first-order valence-corrected chi connectivity index (χ1v) is 52.9. The van der Waals surface area contributed by atoms with Crippen molar-refractivity contribution in [3.8, 4) is 46.0 Å². The minimum atomic E-state index is -3.78. The van der Waals surface area contributed by atoms with E-state index in [4.69, 9.17) is 56.8 Å². The van der Waals surface area contributed by atoms with Gasteiger partial charge in [0, 0.05) is 100 Å². The Morgan fingerprint density at radius 1 is 0.221 bits per heavy atom. The van der Waals surface area contributed by atoms with E-state index in [0.717, 1.165) is 133 Å². The average Bonchev–Trinajstić information content (AvgIpc) is 1.31. The largest absolute Gasteiger partial charge is 0.497 e. The van der Waals surface area contributed by atoms with Crippen LogP contribution < -0.4 is 37.9 Å². The van der Waals surface area contributed by atoms with Gasteiger partial charge in [0.25, 0.3) is 0 Å². The molecule has 0 N–H and O–H groups in total. The minimum Gasteiger partial charge on any atom is -0.497 e. The second-order valence-corrected chi connectivity index (χ2v) is 46.4. The van der Waals surface area contributed by atoms with Gasteiger partial charge >= 0.3 is 0 Å². The average molecular weight is 2020 g/mol. The van der Waals surface area contributed by atoms with E-state index < -0.39 is 85.5 Å². The lowest BCUT2D eigenvalue weighted by atomic mass is 10.2. The molecule has 136 heavy (non-hydrogen) atoms. The fraction of sp³-hybridized carbons (Fsp3) is 0.400. The predicted octanol–water partition coefficient (Wildman–Crippen LogP) is 19.5. The highest BCUT2D eigenvalue weighted by molar-refractivity contribution is 7.90. The molecule has 12 rings (SSSR count). The van der Waals surface area contributed by atoms with Crippen LogP contribution in [0, 0.1) is 55.4 Å². The van der Waals surface area contributed by atoms with Gasteiger partial charge in [-0.15, -0.1) is 45.3 Å². The smallest absolute Gasteiger partial charge is 0.220 e. The van der Waals surface area contributed by atoms with E-state index in [1.54, 1.807) is 84.6 Å². The van der Waals surface area contributed by atoms with Crippen LogP contribution in [0.5, 0.6) is 46.0 Å². The molecule has 0 aliphatic rings. The summed E-state index contributed by atoms with van der Waals surface area (Å²) in [6, 6.07) is 59.3. The zero-order valence-electron chi connectivity index (χ0n) is 81.8. The van der Waals surface area contributed by atoms with E-state index in [1.165, 1.54) is 91.0 Å². The highest BCUT2D eigenvalue weighted by Crippen LogP contribution is 2.40. The van der Waals surface area contributed by atoms with Gasteiger partial charge in [-0.25, -0.2) is 53.6 Å². The first-order valence-electron chi connectivity index (χ1n) is 43.6. The van der Waals surface area contributed by atoms with E-state index >= 15 is 0 Å². The molecule has 0 saturated carbocycles. The van der Waals surface area contributed by atoms with Gasteiger partial charge in [-0.1, -0.05) is 97.1 Å². The van der Waals surface area contributed by atoms with E-state index in [1.807, 2.05) is 250 Å². The lowest BCUT2D eigenvalue weighted by Crippen LogP contribution is -2.40. The number of sulfonamides is 4. The Bertz CT molecular complexity index is 5180. The molecule has 4 aromatic heterocycles. The fourth-order valence-corrected chi connectivity index (χ4v) is 25.9. The Morgan fingerprint density at radius 2 is 0.338 bits per heavy atom. The van der Waals surface area contributed by atoms with Crippen LogP contribution in [0.4, 0.5) is 0 Å². The summed E-state index contributed by atoms with van der Waals surface area (Å²) in [5.74, 6) is 5.75. The Labute approximate surface area is 820 Å².